The summed E-state index contributed by atoms with van der Waals surface area (Å²) in [5, 5.41) is 11.8. The standard InChI is InChI=1S/C13H25N3O3/c1-10(2)11(3)14-13(19)16-6-4-5-15(7-8-16)9-12(17)18/h10-11H,4-9H2,1-3H3,(H,14,19)(H,17,18). The molecule has 6 heteroatoms. The Morgan fingerprint density at radius 3 is 2.42 bits per heavy atom. The fourth-order valence-electron chi connectivity index (χ4n) is 1.98. The second-order valence-electron chi connectivity index (χ2n) is 5.49. The van der Waals surface area contributed by atoms with E-state index in [4.69, 9.17) is 5.11 Å². The van der Waals surface area contributed by atoms with Gasteiger partial charge in [0.1, 0.15) is 0 Å². The van der Waals surface area contributed by atoms with Crippen LogP contribution in [0, 0.1) is 5.92 Å². The lowest BCUT2D eigenvalue weighted by Gasteiger charge is -2.25. The first-order valence-electron chi connectivity index (χ1n) is 6.89. The van der Waals surface area contributed by atoms with Crippen LogP contribution in [0.3, 0.4) is 0 Å². The van der Waals surface area contributed by atoms with Crippen LogP contribution in [0.15, 0.2) is 0 Å². The summed E-state index contributed by atoms with van der Waals surface area (Å²) in [4.78, 5) is 26.4. The molecule has 0 aromatic rings. The molecule has 0 saturated carbocycles. The van der Waals surface area contributed by atoms with Crippen LogP contribution in [-0.4, -0.2) is 65.7 Å². The molecule has 1 aliphatic heterocycles. The third-order valence-corrected chi connectivity index (χ3v) is 3.59. The van der Waals surface area contributed by atoms with E-state index in [0.29, 0.717) is 25.6 Å². The van der Waals surface area contributed by atoms with E-state index in [-0.39, 0.29) is 18.6 Å². The Hall–Kier alpha value is -1.30. The smallest absolute Gasteiger partial charge is 0.317 e. The molecule has 2 N–H and O–H groups in total. The van der Waals surface area contributed by atoms with Crippen molar-refractivity contribution in [2.75, 3.05) is 32.7 Å². The SMILES string of the molecule is CC(C)C(C)NC(=O)N1CCCN(CC(=O)O)CC1. The second kappa shape index (κ2) is 7.33. The minimum absolute atomic E-state index is 0.0432. The predicted octanol–water partition coefficient (Wildman–Crippen LogP) is 0.833. The molecule has 1 aliphatic rings. The van der Waals surface area contributed by atoms with E-state index in [1.165, 1.54) is 0 Å². The van der Waals surface area contributed by atoms with Crippen molar-refractivity contribution in [2.24, 2.45) is 5.92 Å². The van der Waals surface area contributed by atoms with Crippen LogP contribution in [0.4, 0.5) is 4.79 Å². The number of nitrogens with zero attached hydrogens (tertiary/aromatic N) is 2. The molecule has 0 aromatic heterocycles. The van der Waals surface area contributed by atoms with Gasteiger partial charge in [0, 0.05) is 32.2 Å². The molecule has 1 atom stereocenters. The maximum absolute atomic E-state index is 12.1. The highest BCUT2D eigenvalue weighted by Gasteiger charge is 2.21. The highest BCUT2D eigenvalue weighted by atomic mass is 16.4. The van der Waals surface area contributed by atoms with Crippen LogP contribution in [-0.2, 0) is 4.79 Å². The Morgan fingerprint density at radius 2 is 1.84 bits per heavy atom. The molecule has 0 radical (unpaired) electrons. The van der Waals surface area contributed by atoms with Gasteiger partial charge < -0.3 is 15.3 Å². The van der Waals surface area contributed by atoms with Gasteiger partial charge in [0.15, 0.2) is 0 Å². The number of hydrogen-bond acceptors (Lipinski definition) is 3. The summed E-state index contributed by atoms with van der Waals surface area (Å²) >= 11 is 0. The quantitative estimate of drug-likeness (QED) is 0.794. The number of carboxylic acid groups (broad SMARTS) is 1. The van der Waals surface area contributed by atoms with Gasteiger partial charge in [0.2, 0.25) is 0 Å². The van der Waals surface area contributed by atoms with Crippen molar-refractivity contribution >= 4 is 12.0 Å². The Bertz CT molecular complexity index is 320. The molecule has 6 nitrogen and oxygen atoms in total. The third kappa shape index (κ3) is 5.46. The third-order valence-electron chi connectivity index (χ3n) is 3.59. The van der Waals surface area contributed by atoms with E-state index in [9.17, 15) is 9.59 Å². The van der Waals surface area contributed by atoms with Crippen molar-refractivity contribution in [1.29, 1.82) is 0 Å². The summed E-state index contributed by atoms with van der Waals surface area (Å²) in [5.74, 6) is -0.411. The summed E-state index contributed by atoms with van der Waals surface area (Å²) in [6.45, 7) is 8.82. The lowest BCUT2D eigenvalue weighted by atomic mass is 10.1. The number of carbonyl (C=O) groups excluding carboxylic acids is 1. The van der Waals surface area contributed by atoms with Crippen molar-refractivity contribution in [3.8, 4) is 0 Å². The van der Waals surface area contributed by atoms with E-state index >= 15 is 0 Å². The normalized spacial score (nSPS) is 19.1. The molecule has 1 rings (SSSR count). The molecule has 1 heterocycles. The Morgan fingerprint density at radius 1 is 1.16 bits per heavy atom. The van der Waals surface area contributed by atoms with Crippen molar-refractivity contribution in [2.45, 2.75) is 33.2 Å². The topological polar surface area (TPSA) is 72.9 Å². The first-order valence-corrected chi connectivity index (χ1v) is 6.89. The van der Waals surface area contributed by atoms with Crippen LogP contribution < -0.4 is 5.32 Å². The number of nitrogens with one attached hydrogen (secondary N) is 1. The van der Waals surface area contributed by atoms with E-state index in [2.05, 4.69) is 19.2 Å². The van der Waals surface area contributed by atoms with Crippen molar-refractivity contribution in [1.82, 2.24) is 15.1 Å². The van der Waals surface area contributed by atoms with Crippen molar-refractivity contribution in [3.05, 3.63) is 0 Å². The van der Waals surface area contributed by atoms with Crippen LogP contribution in [0.5, 0.6) is 0 Å². The van der Waals surface area contributed by atoms with Gasteiger partial charge in [-0.05, 0) is 19.3 Å². The average molecular weight is 271 g/mol. The zero-order chi connectivity index (χ0) is 14.4. The molecule has 110 valence electrons. The van der Waals surface area contributed by atoms with Crippen LogP contribution in [0.2, 0.25) is 0 Å². The highest BCUT2D eigenvalue weighted by Crippen LogP contribution is 2.05. The van der Waals surface area contributed by atoms with Gasteiger partial charge in [-0.3, -0.25) is 9.69 Å². The molecule has 1 fully saturated rings. The van der Waals surface area contributed by atoms with Crippen LogP contribution in [0.25, 0.3) is 0 Å². The zero-order valence-corrected chi connectivity index (χ0v) is 12.1. The highest BCUT2D eigenvalue weighted by molar-refractivity contribution is 5.74. The maximum Gasteiger partial charge on any atom is 0.317 e. The number of hydrogen-bond donors (Lipinski definition) is 2. The van der Waals surface area contributed by atoms with Gasteiger partial charge in [0.25, 0.3) is 0 Å². The molecule has 1 saturated heterocycles. The lowest BCUT2D eigenvalue weighted by molar-refractivity contribution is -0.138. The minimum Gasteiger partial charge on any atom is -0.480 e. The summed E-state index contributed by atoms with van der Waals surface area (Å²) in [7, 11) is 0. The van der Waals surface area contributed by atoms with Crippen molar-refractivity contribution in [3.63, 3.8) is 0 Å². The fraction of sp³-hybridized carbons (Fsp3) is 0.846. The maximum atomic E-state index is 12.1. The Kier molecular flexibility index (Phi) is 6.08. The second-order valence-corrected chi connectivity index (χ2v) is 5.49. The van der Waals surface area contributed by atoms with Crippen molar-refractivity contribution < 1.29 is 14.7 Å². The predicted molar refractivity (Wildman–Crippen MR) is 73.1 cm³/mol. The average Bonchev–Trinajstić information content (AvgIpc) is 2.53. The molecule has 0 bridgehead atoms. The van der Waals surface area contributed by atoms with Gasteiger partial charge in [-0.15, -0.1) is 0 Å². The van der Waals surface area contributed by atoms with E-state index < -0.39 is 5.97 Å². The monoisotopic (exact) mass is 271 g/mol. The van der Waals surface area contributed by atoms with Gasteiger partial charge in [-0.2, -0.15) is 0 Å². The lowest BCUT2D eigenvalue weighted by Crippen LogP contribution is -2.46. The number of rotatable bonds is 4. The molecular formula is C13H25N3O3. The van der Waals surface area contributed by atoms with Crippen LogP contribution in [0.1, 0.15) is 27.2 Å². The summed E-state index contributed by atoms with van der Waals surface area (Å²) in [6.07, 6.45) is 0.816. The Labute approximate surface area is 114 Å². The number of amides is 2. The minimum atomic E-state index is -0.814. The molecular weight excluding hydrogens is 246 g/mol. The zero-order valence-electron chi connectivity index (χ0n) is 12.1. The molecule has 2 amide bonds. The number of urea groups is 1. The summed E-state index contributed by atoms with van der Waals surface area (Å²) in [6, 6.07) is 0.101. The van der Waals surface area contributed by atoms with Gasteiger partial charge in [-0.25, -0.2) is 4.79 Å². The number of aliphatic carboxylic acids is 1. The van der Waals surface area contributed by atoms with Crippen LogP contribution >= 0.6 is 0 Å². The molecule has 1 unspecified atom stereocenters. The molecule has 0 aromatic carbocycles. The van der Waals surface area contributed by atoms with Gasteiger partial charge in [0.05, 0.1) is 6.54 Å². The molecule has 0 spiro atoms. The van der Waals surface area contributed by atoms with E-state index in [1.807, 2.05) is 11.8 Å². The number of carboxylic acids is 1. The van der Waals surface area contributed by atoms with Gasteiger partial charge >= 0.3 is 12.0 Å². The first-order chi connectivity index (χ1) is 8.90. The first kappa shape index (κ1) is 15.8. The summed E-state index contributed by atoms with van der Waals surface area (Å²) < 4.78 is 0. The number of carbonyl (C=O) groups is 2. The van der Waals surface area contributed by atoms with Gasteiger partial charge in [-0.1, -0.05) is 13.8 Å². The van der Waals surface area contributed by atoms with E-state index in [0.717, 1.165) is 13.0 Å². The summed E-state index contributed by atoms with van der Waals surface area (Å²) in [5.41, 5.74) is 0. The Balaban J connectivity index is 2.43. The molecule has 19 heavy (non-hydrogen) atoms. The molecule has 0 aliphatic carbocycles. The fourth-order valence-corrected chi connectivity index (χ4v) is 1.98. The van der Waals surface area contributed by atoms with E-state index in [1.54, 1.807) is 4.90 Å². The largest absolute Gasteiger partial charge is 0.480 e.